The van der Waals surface area contributed by atoms with Crippen molar-refractivity contribution < 1.29 is 0 Å². The molecule has 0 aliphatic heterocycles. The van der Waals surface area contributed by atoms with Crippen molar-refractivity contribution in [2.24, 2.45) is 0 Å². The monoisotopic (exact) mass is 401 g/mol. The summed E-state index contributed by atoms with van der Waals surface area (Å²) in [7, 11) is 0. The first-order chi connectivity index (χ1) is 13.0. The largest absolute Gasteiger partial charge is 0.368 e. The number of hydrogen-bond acceptors (Lipinski definition) is 7. The van der Waals surface area contributed by atoms with E-state index in [9.17, 15) is 0 Å². The molecule has 5 heterocycles. The molecule has 134 valence electrons. The minimum absolute atomic E-state index is 1.49. The number of thiazole rings is 1. The van der Waals surface area contributed by atoms with Crippen molar-refractivity contribution in [2.45, 2.75) is 0 Å². The van der Waals surface area contributed by atoms with Crippen molar-refractivity contribution in [3.05, 3.63) is 106 Å². The number of H-pyrrole nitrogens is 1. The summed E-state index contributed by atoms with van der Waals surface area (Å²) in [5, 5.41) is 13.0. The van der Waals surface area contributed by atoms with E-state index in [-0.39, 0.29) is 0 Å². The average Bonchev–Trinajstić information content (AvgIpc) is 3.56. The summed E-state index contributed by atoms with van der Waals surface area (Å²) in [6.07, 6.45) is 9.02. The van der Waals surface area contributed by atoms with Crippen LogP contribution in [0.4, 0.5) is 0 Å². The molecular weight excluding hydrogens is 382 g/mol. The zero-order chi connectivity index (χ0) is 18.4. The van der Waals surface area contributed by atoms with Crippen LogP contribution in [0.15, 0.2) is 106 Å². The zero-order valence-corrected chi connectivity index (χ0v) is 16.4. The van der Waals surface area contributed by atoms with Crippen LogP contribution in [0.3, 0.4) is 0 Å². The summed E-state index contributed by atoms with van der Waals surface area (Å²) in [6, 6.07) is 13.6. The summed E-state index contributed by atoms with van der Waals surface area (Å²) in [5.41, 5.74) is 5.15. The zero-order valence-electron chi connectivity index (χ0n) is 13.9. The Hall–Kier alpha value is -2.68. The highest BCUT2D eigenvalue weighted by Gasteiger charge is 1.61. The Kier molecular flexibility index (Phi) is 15.3. The molecule has 5 aromatic rings. The normalized spacial score (nSPS) is 8.00. The highest BCUT2D eigenvalue weighted by molar-refractivity contribution is 7.08. The Balaban J connectivity index is 0.000000163. The third-order valence-electron chi connectivity index (χ3n) is 2.12. The molecule has 5 nitrogen and oxygen atoms in total. The molecule has 0 fully saturated rings. The molecule has 0 aliphatic rings. The van der Waals surface area contributed by atoms with Crippen LogP contribution >= 0.6 is 34.0 Å². The number of nitrogens with zero attached hydrogens (tertiary/aromatic N) is 4. The van der Waals surface area contributed by atoms with Crippen molar-refractivity contribution >= 4 is 34.0 Å². The molecule has 5 rings (SSSR count). The standard InChI is InChI=1S/C5H5N.C4H5N.C4H4S.C3H3NS.C2H2N2S/c1-2-4-6-5-3-1;2*1-2-4-5-3-1;1-2-5-3-4-1;1-3-4-2-5-1/h1-5H;1-5H;1-4H;1-3H;1-2H. The van der Waals surface area contributed by atoms with Crippen LogP contribution in [0.5, 0.6) is 0 Å². The van der Waals surface area contributed by atoms with Crippen molar-refractivity contribution in [2.75, 3.05) is 0 Å². The van der Waals surface area contributed by atoms with Crippen LogP contribution in [0.25, 0.3) is 0 Å². The maximum absolute atomic E-state index is 3.78. The van der Waals surface area contributed by atoms with Gasteiger partial charge in [-0.15, -0.1) is 32.9 Å². The molecule has 0 aliphatic carbocycles. The summed E-state index contributed by atoms with van der Waals surface area (Å²) in [5.74, 6) is 0. The van der Waals surface area contributed by atoms with Crippen LogP contribution in [0, 0.1) is 0 Å². The van der Waals surface area contributed by atoms with E-state index >= 15 is 0 Å². The maximum Gasteiger partial charge on any atom is 0.103 e. The predicted molar refractivity (Wildman–Crippen MR) is 111 cm³/mol. The van der Waals surface area contributed by atoms with Crippen molar-refractivity contribution in [3.63, 3.8) is 0 Å². The molecule has 26 heavy (non-hydrogen) atoms. The lowest BCUT2D eigenvalue weighted by Crippen LogP contribution is -1.58. The van der Waals surface area contributed by atoms with Crippen LogP contribution in [-0.4, -0.2) is 25.1 Å². The first-order valence-corrected chi connectivity index (χ1v) is 10.2. The molecule has 0 aromatic carbocycles. The molecule has 0 unspecified atom stereocenters. The number of rotatable bonds is 0. The SMILES string of the molecule is c1cc[nH]c1.c1ccncc1.c1ccsc1.c1cscn1.c1nncs1. The third kappa shape index (κ3) is 16.2. The Morgan fingerprint density at radius 2 is 1.19 bits per heavy atom. The summed E-state index contributed by atoms with van der Waals surface area (Å²) in [6.45, 7) is 0. The van der Waals surface area contributed by atoms with Gasteiger partial charge < -0.3 is 4.98 Å². The number of hydrogen-bond donors (Lipinski definition) is 1. The highest BCUT2D eigenvalue weighted by atomic mass is 32.1. The molecule has 0 amide bonds. The second-order valence-electron chi connectivity index (χ2n) is 3.96. The highest BCUT2D eigenvalue weighted by Crippen LogP contribution is 1.91. The van der Waals surface area contributed by atoms with Gasteiger partial charge in [0.15, 0.2) is 0 Å². The van der Waals surface area contributed by atoms with Crippen molar-refractivity contribution in [1.82, 2.24) is 25.1 Å². The first-order valence-electron chi connectivity index (χ1n) is 7.41. The van der Waals surface area contributed by atoms with Gasteiger partial charge in [-0.05, 0) is 35.0 Å². The van der Waals surface area contributed by atoms with E-state index in [0.717, 1.165) is 0 Å². The summed E-state index contributed by atoms with van der Waals surface area (Å²) < 4.78 is 0. The fourth-order valence-corrected chi connectivity index (χ4v) is 2.21. The fourth-order valence-electron chi connectivity index (χ4n) is 1.13. The van der Waals surface area contributed by atoms with Crippen LogP contribution < -0.4 is 0 Å². The topological polar surface area (TPSA) is 67.3 Å². The van der Waals surface area contributed by atoms with Crippen LogP contribution in [0.1, 0.15) is 0 Å². The summed E-state index contributed by atoms with van der Waals surface area (Å²) >= 11 is 4.81. The Morgan fingerprint density at radius 3 is 1.38 bits per heavy atom. The molecule has 0 bridgehead atoms. The molecule has 8 heteroatoms. The smallest absolute Gasteiger partial charge is 0.103 e. The lowest BCUT2D eigenvalue weighted by Gasteiger charge is -1.70. The van der Waals surface area contributed by atoms with E-state index in [0.29, 0.717) is 0 Å². The fraction of sp³-hybridized carbons (Fsp3) is 0. The molecule has 0 atom stereocenters. The molecule has 0 spiro atoms. The molecular formula is C18H19N5S3. The average molecular weight is 402 g/mol. The Labute approximate surface area is 165 Å². The van der Waals surface area contributed by atoms with E-state index in [4.69, 9.17) is 0 Å². The van der Waals surface area contributed by atoms with Gasteiger partial charge in [-0.3, -0.25) is 9.97 Å². The van der Waals surface area contributed by atoms with E-state index in [2.05, 4.69) is 25.1 Å². The number of aromatic nitrogens is 5. The van der Waals surface area contributed by atoms with Gasteiger partial charge in [0.25, 0.3) is 0 Å². The van der Waals surface area contributed by atoms with E-state index in [1.54, 1.807) is 57.8 Å². The lowest BCUT2D eigenvalue weighted by molar-refractivity contribution is 1.09. The number of pyridine rings is 1. The van der Waals surface area contributed by atoms with Gasteiger partial charge >= 0.3 is 0 Å². The molecule has 0 saturated carbocycles. The van der Waals surface area contributed by atoms with E-state index < -0.39 is 0 Å². The van der Waals surface area contributed by atoms with Crippen LogP contribution in [0.2, 0.25) is 0 Å². The van der Waals surface area contributed by atoms with E-state index in [1.807, 2.05) is 71.0 Å². The third-order valence-corrected chi connectivity index (χ3v) is 3.70. The first kappa shape index (κ1) is 21.4. The second-order valence-corrected chi connectivity index (χ2v) is 6.22. The lowest BCUT2D eigenvalue weighted by atomic mass is 10.5. The maximum atomic E-state index is 3.78. The quantitative estimate of drug-likeness (QED) is 0.371. The van der Waals surface area contributed by atoms with Gasteiger partial charge in [-0.2, -0.15) is 11.3 Å². The molecule has 1 N–H and O–H groups in total. The Bertz CT molecular complexity index is 540. The van der Waals surface area contributed by atoms with Gasteiger partial charge in [-0.1, -0.05) is 18.2 Å². The second kappa shape index (κ2) is 18.7. The van der Waals surface area contributed by atoms with Gasteiger partial charge in [0.2, 0.25) is 0 Å². The minimum Gasteiger partial charge on any atom is -0.368 e. The van der Waals surface area contributed by atoms with Crippen molar-refractivity contribution in [3.8, 4) is 0 Å². The number of nitrogens with one attached hydrogen (secondary N) is 1. The summed E-state index contributed by atoms with van der Waals surface area (Å²) in [4.78, 5) is 10.4. The number of thiophene rings is 1. The minimum atomic E-state index is 1.49. The van der Waals surface area contributed by atoms with Crippen molar-refractivity contribution in [1.29, 1.82) is 0 Å². The molecule has 5 aromatic heterocycles. The number of aromatic amines is 1. The van der Waals surface area contributed by atoms with Gasteiger partial charge in [0.05, 0.1) is 5.51 Å². The van der Waals surface area contributed by atoms with Crippen LogP contribution in [-0.2, 0) is 0 Å². The van der Waals surface area contributed by atoms with E-state index in [1.165, 1.54) is 11.3 Å². The molecule has 0 saturated heterocycles. The van der Waals surface area contributed by atoms with Gasteiger partial charge in [-0.25, -0.2) is 0 Å². The molecule has 0 radical (unpaired) electrons. The van der Waals surface area contributed by atoms with Gasteiger partial charge in [0, 0.05) is 36.4 Å². The van der Waals surface area contributed by atoms with Gasteiger partial charge in [0.1, 0.15) is 11.0 Å². The predicted octanol–water partition coefficient (Wildman–Crippen LogP) is 5.53. The Morgan fingerprint density at radius 1 is 0.500 bits per heavy atom.